The minimum Gasteiger partial charge on any atom is -0.378 e. The number of nitrogens with one attached hydrogen (secondary N) is 1. The van der Waals surface area contributed by atoms with Crippen LogP contribution in [0.5, 0.6) is 0 Å². The molecule has 1 N–H and O–H groups in total. The van der Waals surface area contributed by atoms with Crippen LogP contribution in [0.4, 0.5) is 13.2 Å². The van der Waals surface area contributed by atoms with Crippen molar-refractivity contribution in [1.82, 2.24) is 24.7 Å². The number of fused-ring (bicyclic) bond motifs is 1. The van der Waals surface area contributed by atoms with Gasteiger partial charge in [0.25, 0.3) is 5.91 Å². The second-order valence-electron chi connectivity index (χ2n) is 9.97. The third kappa shape index (κ3) is 6.18. The van der Waals surface area contributed by atoms with Crippen molar-refractivity contribution >= 4 is 22.8 Å². The van der Waals surface area contributed by atoms with Crippen LogP contribution < -0.4 is 5.32 Å². The maximum atomic E-state index is 13.9. The van der Waals surface area contributed by atoms with E-state index in [0.29, 0.717) is 63.4 Å². The maximum absolute atomic E-state index is 13.9. The number of amides is 2. The highest BCUT2D eigenvalue weighted by atomic mass is 19.4. The minimum absolute atomic E-state index is 0.00253. The number of morpholine rings is 1. The number of hydrogen-bond donors (Lipinski definition) is 1. The molecule has 2 aliphatic heterocycles. The normalized spacial score (nSPS) is 21.2. The summed E-state index contributed by atoms with van der Waals surface area (Å²) < 4.78 is 46.0. The summed E-state index contributed by atoms with van der Waals surface area (Å²) in [6, 6.07) is 6.57. The number of carbonyl (C=O) groups excluding carboxylic acids is 2. The lowest BCUT2D eigenvalue weighted by molar-refractivity contribution is -0.140. The fourth-order valence-electron chi connectivity index (χ4n) is 5.01. The van der Waals surface area contributed by atoms with E-state index in [0.717, 1.165) is 0 Å². The van der Waals surface area contributed by atoms with Crippen LogP contribution in [0, 0.1) is 11.8 Å². The number of imidazole rings is 1. The molecule has 3 heterocycles. The lowest BCUT2D eigenvalue weighted by Gasteiger charge is -2.40. The number of rotatable bonds is 7. The van der Waals surface area contributed by atoms with Crippen LogP contribution in [0.1, 0.15) is 37.3 Å². The Labute approximate surface area is 208 Å². The molecule has 2 saturated heterocycles. The zero-order valence-electron chi connectivity index (χ0n) is 20.8. The van der Waals surface area contributed by atoms with E-state index in [4.69, 9.17) is 4.74 Å². The van der Waals surface area contributed by atoms with Gasteiger partial charge < -0.3 is 24.4 Å². The van der Waals surface area contributed by atoms with Crippen LogP contribution in [0.15, 0.2) is 24.3 Å². The summed E-state index contributed by atoms with van der Waals surface area (Å²) in [6.45, 7) is 7.17. The SMILES string of the molecule is CC(C)CN(C(=O)c1nc2ccccc2n1CCC(F)(F)F)[C@@H]1CNC[C@H](C(=O)N2CCOCC2)C1. The van der Waals surface area contributed by atoms with Gasteiger partial charge in [-0.15, -0.1) is 0 Å². The quantitative estimate of drug-likeness (QED) is 0.621. The lowest BCUT2D eigenvalue weighted by atomic mass is 9.92. The summed E-state index contributed by atoms with van der Waals surface area (Å²) >= 11 is 0. The molecule has 0 radical (unpaired) electrons. The zero-order chi connectivity index (χ0) is 25.9. The fraction of sp³-hybridized carbons (Fsp3) is 0.640. The largest absolute Gasteiger partial charge is 0.390 e. The molecule has 0 aliphatic carbocycles. The van der Waals surface area contributed by atoms with E-state index in [-0.39, 0.29) is 36.2 Å². The van der Waals surface area contributed by atoms with Crippen molar-refractivity contribution in [3.05, 3.63) is 30.1 Å². The van der Waals surface area contributed by atoms with Gasteiger partial charge in [-0.2, -0.15) is 13.2 Å². The van der Waals surface area contributed by atoms with Gasteiger partial charge in [-0.3, -0.25) is 9.59 Å². The molecule has 2 amide bonds. The van der Waals surface area contributed by atoms with E-state index >= 15 is 0 Å². The summed E-state index contributed by atoms with van der Waals surface area (Å²) in [7, 11) is 0. The molecule has 8 nitrogen and oxygen atoms in total. The van der Waals surface area contributed by atoms with Crippen molar-refractivity contribution in [1.29, 1.82) is 0 Å². The molecule has 2 atom stereocenters. The number of piperidine rings is 1. The summed E-state index contributed by atoms with van der Waals surface area (Å²) in [5.41, 5.74) is 0.978. The third-order valence-corrected chi connectivity index (χ3v) is 6.73. The maximum Gasteiger partial charge on any atom is 0.390 e. The molecule has 4 rings (SSSR count). The number of halogens is 3. The Morgan fingerprint density at radius 2 is 1.92 bits per heavy atom. The van der Waals surface area contributed by atoms with Gasteiger partial charge in [0, 0.05) is 45.3 Å². The Balaban J connectivity index is 1.60. The molecule has 2 fully saturated rings. The molecule has 1 aromatic carbocycles. The first-order valence-electron chi connectivity index (χ1n) is 12.5. The number of aromatic nitrogens is 2. The number of ether oxygens (including phenoxy) is 1. The summed E-state index contributed by atoms with van der Waals surface area (Å²) in [5.74, 6) is -0.522. The molecule has 198 valence electrons. The molecule has 0 bridgehead atoms. The van der Waals surface area contributed by atoms with E-state index in [9.17, 15) is 22.8 Å². The molecule has 0 spiro atoms. The van der Waals surface area contributed by atoms with Crippen molar-refractivity contribution in [2.45, 2.75) is 45.5 Å². The summed E-state index contributed by atoms with van der Waals surface area (Å²) in [6.07, 6.45) is -4.92. The van der Waals surface area contributed by atoms with Crippen molar-refractivity contribution in [2.75, 3.05) is 45.9 Å². The van der Waals surface area contributed by atoms with Crippen LogP contribution in [-0.2, 0) is 16.1 Å². The highest BCUT2D eigenvalue weighted by Crippen LogP contribution is 2.26. The van der Waals surface area contributed by atoms with Gasteiger partial charge in [0.2, 0.25) is 5.91 Å². The van der Waals surface area contributed by atoms with E-state index in [1.807, 2.05) is 18.7 Å². The Hall–Kier alpha value is -2.66. The van der Waals surface area contributed by atoms with Crippen molar-refractivity contribution < 1.29 is 27.5 Å². The number of nitrogens with zero attached hydrogens (tertiary/aromatic N) is 4. The number of hydrogen-bond acceptors (Lipinski definition) is 5. The Morgan fingerprint density at radius 1 is 1.19 bits per heavy atom. The fourth-order valence-corrected chi connectivity index (χ4v) is 5.01. The van der Waals surface area contributed by atoms with Gasteiger partial charge in [0.1, 0.15) is 0 Å². The van der Waals surface area contributed by atoms with E-state index in [2.05, 4.69) is 10.3 Å². The average molecular weight is 510 g/mol. The third-order valence-electron chi connectivity index (χ3n) is 6.73. The molecular weight excluding hydrogens is 475 g/mol. The molecular formula is C25H34F3N5O3. The molecule has 0 unspecified atom stereocenters. The highest BCUT2D eigenvalue weighted by molar-refractivity contribution is 5.95. The molecule has 36 heavy (non-hydrogen) atoms. The van der Waals surface area contributed by atoms with Crippen LogP contribution in [0.2, 0.25) is 0 Å². The predicted octanol–water partition coefficient (Wildman–Crippen LogP) is 2.92. The van der Waals surface area contributed by atoms with Crippen LogP contribution in [0.25, 0.3) is 11.0 Å². The first-order chi connectivity index (χ1) is 17.1. The number of carbonyl (C=O) groups is 2. The van der Waals surface area contributed by atoms with Crippen molar-refractivity contribution in [3.63, 3.8) is 0 Å². The topological polar surface area (TPSA) is 79.7 Å². The molecule has 0 saturated carbocycles. The van der Waals surface area contributed by atoms with Crippen LogP contribution in [-0.4, -0.2) is 89.3 Å². The second-order valence-corrected chi connectivity index (χ2v) is 9.97. The molecule has 1 aromatic heterocycles. The first-order valence-corrected chi connectivity index (χ1v) is 12.5. The number of aryl methyl sites for hydroxylation is 1. The smallest absolute Gasteiger partial charge is 0.378 e. The molecule has 11 heteroatoms. The monoisotopic (exact) mass is 509 g/mol. The van der Waals surface area contributed by atoms with Gasteiger partial charge in [-0.05, 0) is 24.5 Å². The Morgan fingerprint density at radius 3 is 2.61 bits per heavy atom. The van der Waals surface area contributed by atoms with Crippen LogP contribution in [0.3, 0.4) is 0 Å². The van der Waals surface area contributed by atoms with Gasteiger partial charge in [0.15, 0.2) is 5.82 Å². The highest BCUT2D eigenvalue weighted by Gasteiger charge is 2.37. The Bertz CT molecular complexity index is 1060. The number of benzene rings is 1. The lowest BCUT2D eigenvalue weighted by Crippen LogP contribution is -2.56. The summed E-state index contributed by atoms with van der Waals surface area (Å²) in [4.78, 5) is 35.0. The average Bonchev–Trinajstić information content (AvgIpc) is 3.24. The molecule has 2 aliphatic rings. The first kappa shape index (κ1) is 26.4. The van der Waals surface area contributed by atoms with E-state index in [1.54, 1.807) is 29.2 Å². The number of para-hydroxylation sites is 2. The predicted molar refractivity (Wildman–Crippen MR) is 128 cm³/mol. The van der Waals surface area contributed by atoms with Crippen LogP contribution >= 0.6 is 0 Å². The van der Waals surface area contributed by atoms with Crippen molar-refractivity contribution in [2.24, 2.45) is 11.8 Å². The van der Waals surface area contributed by atoms with Crippen molar-refractivity contribution in [3.8, 4) is 0 Å². The molecule has 2 aromatic rings. The van der Waals surface area contributed by atoms with E-state index in [1.165, 1.54) is 4.57 Å². The van der Waals surface area contributed by atoms with Gasteiger partial charge >= 0.3 is 6.18 Å². The number of alkyl halides is 3. The Kier molecular flexibility index (Phi) is 8.19. The van der Waals surface area contributed by atoms with Gasteiger partial charge in [-0.1, -0.05) is 26.0 Å². The second kappa shape index (κ2) is 11.2. The standard InChI is InChI=1S/C25H34F3N5O3/c1-17(2)16-33(19-13-18(14-29-15-19)23(34)31-9-11-36-12-10-31)24(35)22-30-20-5-3-4-6-21(20)32(22)8-7-25(26,27)28/h3-6,17-19,29H,7-16H2,1-2H3/t18-,19+/m1/s1. The minimum atomic E-state index is -4.36. The summed E-state index contributed by atoms with van der Waals surface area (Å²) in [5, 5.41) is 3.30. The van der Waals surface area contributed by atoms with Gasteiger partial charge in [-0.25, -0.2) is 4.98 Å². The zero-order valence-corrected chi connectivity index (χ0v) is 20.8. The van der Waals surface area contributed by atoms with Gasteiger partial charge in [0.05, 0.1) is 36.6 Å². The van der Waals surface area contributed by atoms with E-state index < -0.39 is 18.5 Å².